The standard InChI is InChI=1S/C73H41N9/c74-42-48-40-46(32-38-61(48)81-65-30-16-12-26-54(65)58-36-34-56-52-24-10-14-28-63(52)79(69(56)71(58)81)50-20-6-2-7-21-50)67-60(44-76)68(78-73(77-67)45-18-4-1-5-19-45)47-33-39-62(49(41-47)43-75)82-66-31-17-13-27-55(66)59-37-35-57-53-25-11-15-29-64(53)80(70(57)72(59)82)51-22-8-3-9-23-51/h1-41H. The van der Waals surface area contributed by atoms with Crippen LogP contribution in [0.25, 0.3) is 144 Å². The van der Waals surface area contributed by atoms with Crippen LogP contribution in [0.15, 0.2) is 249 Å². The van der Waals surface area contributed by atoms with E-state index in [0.717, 1.165) is 104 Å². The molecular formula is C73H41N9. The molecule has 0 saturated heterocycles. The van der Waals surface area contributed by atoms with Gasteiger partial charge in [0.25, 0.3) is 0 Å². The highest BCUT2D eigenvalue weighted by atomic mass is 15.1. The summed E-state index contributed by atoms with van der Waals surface area (Å²) in [5, 5.41) is 42.8. The van der Waals surface area contributed by atoms with E-state index in [2.05, 4.69) is 194 Å². The van der Waals surface area contributed by atoms with E-state index >= 15 is 0 Å². The second kappa shape index (κ2) is 18.1. The van der Waals surface area contributed by atoms with Crippen LogP contribution in [0.4, 0.5) is 0 Å². The maximum absolute atomic E-state index is 11.4. The quantitative estimate of drug-likeness (QED) is 0.158. The van der Waals surface area contributed by atoms with Gasteiger partial charge in [0.2, 0.25) is 0 Å². The monoisotopic (exact) mass is 1040 g/mol. The van der Waals surface area contributed by atoms with E-state index in [1.807, 2.05) is 91.0 Å². The van der Waals surface area contributed by atoms with Crippen LogP contribution in [-0.2, 0) is 0 Å². The number of hydrogen-bond acceptors (Lipinski definition) is 5. The number of rotatable bonds is 7. The molecule has 0 fully saturated rings. The lowest BCUT2D eigenvalue weighted by molar-refractivity contribution is 1.14. The molecule has 0 unspecified atom stereocenters. The zero-order valence-corrected chi connectivity index (χ0v) is 43.7. The molecule has 16 rings (SSSR count). The van der Waals surface area contributed by atoms with Crippen molar-refractivity contribution in [3.8, 4) is 74.9 Å². The summed E-state index contributed by atoms with van der Waals surface area (Å²) in [5.41, 5.74) is 15.1. The van der Waals surface area contributed by atoms with Crippen molar-refractivity contribution in [2.45, 2.75) is 0 Å². The Morgan fingerprint density at radius 3 is 0.976 bits per heavy atom. The molecule has 16 aromatic rings. The molecule has 0 N–H and O–H groups in total. The molecule has 0 bridgehead atoms. The molecule has 0 aliphatic rings. The Kier molecular flexibility index (Phi) is 10.2. The molecule has 11 aromatic carbocycles. The van der Waals surface area contributed by atoms with E-state index in [9.17, 15) is 15.8 Å². The largest absolute Gasteiger partial charge is 0.307 e. The van der Waals surface area contributed by atoms with Crippen LogP contribution in [0.1, 0.15) is 16.7 Å². The normalized spacial score (nSPS) is 11.6. The van der Waals surface area contributed by atoms with Crippen LogP contribution in [0.2, 0.25) is 0 Å². The van der Waals surface area contributed by atoms with Gasteiger partial charge in [0.15, 0.2) is 5.82 Å². The molecule has 9 heteroatoms. The summed E-state index contributed by atoms with van der Waals surface area (Å²) < 4.78 is 9.09. The van der Waals surface area contributed by atoms with E-state index < -0.39 is 0 Å². The third kappa shape index (κ3) is 6.71. The molecule has 0 aliphatic heterocycles. The van der Waals surface area contributed by atoms with Gasteiger partial charge in [0, 0.05) is 71.2 Å². The summed E-state index contributed by atoms with van der Waals surface area (Å²) in [6, 6.07) is 92.1. The Balaban J connectivity index is 0.911. The van der Waals surface area contributed by atoms with Gasteiger partial charge in [-0.15, -0.1) is 0 Å². The lowest BCUT2D eigenvalue weighted by atomic mass is 9.97. The maximum atomic E-state index is 11.4. The number of nitrogens with zero attached hydrogens (tertiary/aromatic N) is 9. The highest BCUT2D eigenvalue weighted by Gasteiger charge is 2.27. The topological polar surface area (TPSA) is 117 Å². The molecule has 0 atom stereocenters. The van der Waals surface area contributed by atoms with Crippen molar-refractivity contribution in [2.24, 2.45) is 0 Å². The van der Waals surface area contributed by atoms with Gasteiger partial charge in [-0.05, 0) is 72.8 Å². The number of nitriles is 3. The zero-order chi connectivity index (χ0) is 54.6. The van der Waals surface area contributed by atoms with Gasteiger partial charge in [0.1, 0.15) is 23.8 Å². The van der Waals surface area contributed by atoms with Gasteiger partial charge < -0.3 is 18.3 Å². The molecule has 0 radical (unpaired) electrons. The van der Waals surface area contributed by atoms with Crippen LogP contribution in [0.3, 0.4) is 0 Å². The summed E-state index contributed by atoms with van der Waals surface area (Å²) in [6.45, 7) is 0. The van der Waals surface area contributed by atoms with E-state index in [1.165, 1.54) is 0 Å². The number of para-hydroxylation sites is 6. The van der Waals surface area contributed by atoms with Crippen LogP contribution < -0.4 is 0 Å². The molecule has 378 valence electrons. The number of fused-ring (bicyclic) bond motifs is 14. The molecule has 0 aliphatic carbocycles. The Bertz CT molecular complexity index is 5170. The van der Waals surface area contributed by atoms with Gasteiger partial charge in [-0.1, -0.05) is 176 Å². The van der Waals surface area contributed by atoms with Crippen molar-refractivity contribution in [2.75, 3.05) is 0 Å². The predicted molar refractivity (Wildman–Crippen MR) is 330 cm³/mol. The van der Waals surface area contributed by atoms with Gasteiger partial charge in [0.05, 0.1) is 78.0 Å². The highest BCUT2D eigenvalue weighted by molar-refractivity contribution is 6.25. The minimum Gasteiger partial charge on any atom is -0.307 e. The van der Waals surface area contributed by atoms with Gasteiger partial charge in [-0.3, -0.25) is 0 Å². The maximum Gasteiger partial charge on any atom is 0.160 e. The smallest absolute Gasteiger partial charge is 0.160 e. The Morgan fingerprint density at radius 2 is 0.610 bits per heavy atom. The predicted octanol–water partition coefficient (Wildman–Crippen LogP) is 17.5. The summed E-state index contributed by atoms with van der Waals surface area (Å²) in [5.74, 6) is 0.395. The molecule has 5 aromatic heterocycles. The summed E-state index contributed by atoms with van der Waals surface area (Å²) in [7, 11) is 0. The Labute approximate surface area is 469 Å². The Hall–Kier alpha value is -11.8. The van der Waals surface area contributed by atoms with E-state index in [-0.39, 0.29) is 5.56 Å². The summed E-state index contributed by atoms with van der Waals surface area (Å²) in [6.07, 6.45) is 0. The van der Waals surface area contributed by atoms with Gasteiger partial charge in [-0.25, -0.2) is 9.97 Å². The van der Waals surface area contributed by atoms with Crippen LogP contribution >= 0.6 is 0 Å². The van der Waals surface area contributed by atoms with Gasteiger partial charge >= 0.3 is 0 Å². The fourth-order valence-corrected chi connectivity index (χ4v) is 12.8. The second-order valence-electron chi connectivity index (χ2n) is 20.6. The summed E-state index contributed by atoms with van der Waals surface area (Å²) >= 11 is 0. The minimum absolute atomic E-state index is 0.213. The van der Waals surface area contributed by atoms with E-state index in [1.54, 1.807) is 0 Å². The van der Waals surface area contributed by atoms with Crippen molar-refractivity contribution in [3.63, 3.8) is 0 Å². The van der Waals surface area contributed by atoms with E-state index in [0.29, 0.717) is 50.8 Å². The van der Waals surface area contributed by atoms with Crippen molar-refractivity contribution in [1.82, 2.24) is 28.2 Å². The highest BCUT2D eigenvalue weighted by Crippen LogP contribution is 2.45. The van der Waals surface area contributed by atoms with Crippen LogP contribution in [0.5, 0.6) is 0 Å². The molecule has 5 heterocycles. The lowest BCUT2D eigenvalue weighted by Gasteiger charge is -2.16. The average Bonchev–Trinajstić information content (AvgIpc) is 4.45. The van der Waals surface area contributed by atoms with Crippen molar-refractivity contribution < 1.29 is 0 Å². The van der Waals surface area contributed by atoms with Gasteiger partial charge in [-0.2, -0.15) is 15.8 Å². The SMILES string of the molecule is N#Cc1cc(-c2nc(-c3ccccc3)nc(-c3ccc(-n4c5ccccc5c5ccc6c7ccccc7n(-c7ccccc7)c6c54)c(C#N)c3)c2C#N)ccc1-n1c2ccccc2c2ccc3c4ccccc4n(-c4ccccc4)c3c21. The zero-order valence-electron chi connectivity index (χ0n) is 43.7. The summed E-state index contributed by atoms with van der Waals surface area (Å²) in [4.78, 5) is 10.3. The third-order valence-electron chi connectivity index (χ3n) is 16.3. The Morgan fingerprint density at radius 1 is 0.280 bits per heavy atom. The molecule has 0 amide bonds. The van der Waals surface area contributed by atoms with Crippen molar-refractivity contribution in [3.05, 3.63) is 265 Å². The molecule has 0 spiro atoms. The minimum atomic E-state index is 0.213. The first kappa shape index (κ1) is 46.3. The number of aromatic nitrogens is 6. The van der Waals surface area contributed by atoms with Crippen molar-refractivity contribution in [1.29, 1.82) is 15.8 Å². The lowest BCUT2D eigenvalue weighted by Crippen LogP contribution is -2.04. The first-order valence-electron chi connectivity index (χ1n) is 27.1. The van der Waals surface area contributed by atoms with Crippen molar-refractivity contribution >= 4 is 87.2 Å². The third-order valence-corrected chi connectivity index (χ3v) is 16.3. The fourth-order valence-electron chi connectivity index (χ4n) is 12.8. The molecule has 0 saturated carbocycles. The van der Waals surface area contributed by atoms with E-state index in [4.69, 9.17) is 9.97 Å². The number of hydrogen-bond donors (Lipinski definition) is 0. The average molecular weight is 1040 g/mol. The molecular weight excluding hydrogens is 1000 g/mol. The first-order valence-corrected chi connectivity index (χ1v) is 27.1. The number of benzene rings is 11. The molecule has 82 heavy (non-hydrogen) atoms. The van der Waals surface area contributed by atoms with Crippen LogP contribution in [0, 0.1) is 34.0 Å². The first-order chi connectivity index (χ1) is 40.6. The van der Waals surface area contributed by atoms with Crippen LogP contribution in [-0.4, -0.2) is 28.2 Å². The second-order valence-corrected chi connectivity index (χ2v) is 20.6. The fraction of sp³-hybridized carbons (Fsp3) is 0. The molecule has 9 nitrogen and oxygen atoms in total.